The molecule has 0 aliphatic heterocycles. The minimum absolute atomic E-state index is 0.105. The predicted octanol–water partition coefficient (Wildman–Crippen LogP) is 1.35. The van der Waals surface area contributed by atoms with E-state index >= 15 is 0 Å². The largest absolute Gasteiger partial charge is 0.351 e. The Labute approximate surface area is 93.9 Å². The Kier molecular flexibility index (Phi) is 4.71. The second-order valence-corrected chi connectivity index (χ2v) is 4.51. The number of carbonyl (C=O) groups excluding carboxylic acids is 1. The molecular formula is C10H17N3OS. The van der Waals surface area contributed by atoms with E-state index in [9.17, 15) is 4.79 Å². The smallest absolute Gasteiger partial charge is 0.270 e. The van der Waals surface area contributed by atoms with E-state index in [4.69, 9.17) is 5.73 Å². The van der Waals surface area contributed by atoms with E-state index in [-0.39, 0.29) is 5.91 Å². The molecule has 1 rings (SSSR count). The molecule has 0 aliphatic carbocycles. The van der Waals surface area contributed by atoms with E-state index in [0.717, 1.165) is 11.4 Å². The van der Waals surface area contributed by atoms with E-state index in [1.807, 2.05) is 0 Å². The summed E-state index contributed by atoms with van der Waals surface area (Å²) in [6.45, 7) is 5.34. The highest BCUT2D eigenvalue weighted by Crippen LogP contribution is 2.18. The van der Waals surface area contributed by atoms with Gasteiger partial charge in [0.25, 0.3) is 5.91 Å². The normalized spacial score (nSPS) is 10.7. The number of carbonyl (C=O) groups is 1. The van der Waals surface area contributed by atoms with Gasteiger partial charge in [-0.05, 0) is 13.0 Å². The molecule has 1 amide bonds. The van der Waals surface area contributed by atoms with Crippen LogP contribution in [0, 0.1) is 0 Å². The first-order valence-corrected chi connectivity index (χ1v) is 5.96. The van der Waals surface area contributed by atoms with E-state index in [1.54, 1.807) is 5.38 Å². The first kappa shape index (κ1) is 12.1. The summed E-state index contributed by atoms with van der Waals surface area (Å²) >= 11 is 1.53. The third-order valence-electron chi connectivity index (χ3n) is 1.91. The lowest BCUT2D eigenvalue weighted by molar-refractivity contribution is 0.0949. The summed E-state index contributed by atoms with van der Waals surface area (Å²) in [5.41, 5.74) is 5.85. The molecule has 1 aromatic heterocycles. The highest BCUT2D eigenvalue weighted by atomic mass is 32.1. The van der Waals surface area contributed by atoms with Crippen LogP contribution in [0.4, 0.5) is 0 Å². The van der Waals surface area contributed by atoms with Crippen LogP contribution in [0.1, 0.15) is 41.7 Å². The zero-order chi connectivity index (χ0) is 11.3. The lowest BCUT2D eigenvalue weighted by atomic mass is 10.2. The van der Waals surface area contributed by atoms with Crippen molar-refractivity contribution in [2.75, 3.05) is 13.1 Å². The molecular weight excluding hydrogens is 210 g/mol. The SMILES string of the molecule is CC(C)c1nc(C(=O)NCCCN)cs1. The van der Waals surface area contributed by atoms with Crippen molar-refractivity contribution in [3.63, 3.8) is 0 Å². The second-order valence-electron chi connectivity index (χ2n) is 3.62. The van der Waals surface area contributed by atoms with Gasteiger partial charge >= 0.3 is 0 Å². The van der Waals surface area contributed by atoms with Crippen molar-refractivity contribution in [1.29, 1.82) is 0 Å². The van der Waals surface area contributed by atoms with Gasteiger partial charge in [-0.1, -0.05) is 13.8 Å². The molecule has 4 nitrogen and oxygen atoms in total. The fourth-order valence-electron chi connectivity index (χ4n) is 1.05. The Morgan fingerprint density at radius 2 is 2.40 bits per heavy atom. The van der Waals surface area contributed by atoms with Crippen LogP contribution in [0.3, 0.4) is 0 Å². The first-order valence-electron chi connectivity index (χ1n) is 5.09. The lowest BCUT2D eigenvalue weighted by Gasteiger charge is -2.01. The predicted molar refractivity (Wildman–Crippen MR) is 62.2 cm³/mol. The molecule has 0 aliphatic rings. The van der Waals surface area contributed by atoms with Crippen LogP contribution < -0.4 is 11.1 Å². The third-order valence-corrected chi connectivity index (χ3v) is 3.06. The molecule has 5 heteroatoms. The fraction of sp³-hybridized carbons (Fsp3) is 0.600. The Morgan fingerprint density at radius 1 is 1.67 bits per heavy atom. The van der Waals surface area contributed by atoms with E-state index < -0.39 is 0 Å². The topological polar surface area (TPSA) is 68.0 Å². The highest BCUT2D eigenvalue weighted by Gasteiger charge is 2.11. The maximum atomic E-state index is 11.5. The zero-order valence-corrected chi connectivity index (χ0v) is 9.93. The zero-order valence-electron chi connectivity index (χ0n) is 9.12. The van der Waals surface area contributed by atoms with Gasteiger partial charge in [0.2, 0.25) is 0 Å². The quantitative estimate of drug-likeness (QED) is 0.746. The summed E-state index contributed by atoms with van der Waals surface area (Å²) < 4.78 is 0. The molecule has 0 saturated heterocycles. The van der Waals surface area contributed by atoms with E-state index in [1.165, 1.54) is 11.3 Å². The monoisotopic (exact) mass is 227 g/mol. The van der Waals surface area contributed by atoms with Crippen molar-refractivity contribution in [1.82, 2.24) is 10.3 Å². The molecule has 0 aromatic carbocycles. The molecule has 1 aromatic rings. The maximum absolute atomic E-state index is 11.5. The van der Waals surface area contributed by atoms with Crippen molar-refractivity contribution in [2.24, 2.45) is 5.73 Å². The van der Waals surface area contributed by atoms with Crippen LogP contribution in [0.25, 0.3) is 0 Å². The van der Waals surface area contributed by atoms with Crippen LogP contribution in [0.2, 0.25) is 0 Å². The number of thiazole rings is 1. The fourth-order valence-corrected chi connectivity index (χ4v) is 1.87. The summed E-state index contributed by atoms with van der Waals surface area (Å²) in [7, 11) is 0. The van der Waals surface area contributed by atoms with Crippen molar-refractivity contribution < 1.29 is 4.79 Å². The standard InChI is InChI=1S/C10H17N3OS/c1-7(2)10-13-8(6-15-10)9(14)12-5-3-4-11/h6-7H,3-5,11H2,1-2H3,(H,12,14). The summed E-state index contributed by atoms with van der Waals surface area (Å²) in [6.07, 6.45) is 0.799. The number of aromatic nitrogens is 1. The van der Waals surface area contributed by atoms with Crippen LogP contribution in [-0.4, -0.2) is 24.0 Å². The molecule has 0 bridgehead atoms. The molecule has 3 N–H and O–H groups in total. The number of nitrogens with two attached hydrogens (primary N) is 1. The van der Waals surface area contributed by atoms with Gasteiger partial charge in [-0.3, -0.25) is 4.79 Å². The molecule has 0 unspecified atom stereocenters. The van der Waals surface area contributed by atoms with Gasteiger partial charge in [-0.25, -0.2) is 4.98 Å². The summed E-state index contributed by atoms with van der Waals surface area (Å²) in [6, 6.07) is 0. The van der Waals surface area contributed by atoms with Crippen LogP contribution in [0.15, 0.2) is 5.38 Å². The van der Waals surface area contributed by atoms with Crippen molar-refractivity contribution in [3.05, 3.63) is 16.1 Å². The number of hydrogen-bond acceptors (Lipinski definition) is 4. The Balaban J connectivity index is 2.51. The summed E-state index contributed by atoms with van der Waals surface area (Å²) in [5, 5.41) is 5.58. The number of amides is 1. The third kappa shape index (κ3) is 3.60. The lowest BCUT2D eigenvalue weighted by Crippen LogP contribution is -2.26. The molecule has 0 saturated carbocycles. The summed E-state index contributed by atoms with van der Waals surface area (Å²) in [4.78, 5) is 15.8. The minimum atomic E-state index is -0.105. The molecule has 1 heterocycles. The van der Waals surface area contributed by atoms with Gasteiger partial charge < -0.3 is 11.1 Å². The second kappa shape index (κ2) is 5.82. The summed E-state index contributed by atoms with van der Waals surface area (Å²) in [5.74, 6) is 0.271. The van der Waals surface area contributed by atoms with Crippen molar-refractivity contribution in [3.8, 4) is 0 Å². The van der Waals surface area contributed by atoms with E-state index in [2.05, 4.69) is 24.1 Å². The van der Waals surface area contributed by atoms with Gasteiger partial charge in [0.05, 0.1) is 5.01 Å². The number of rotatable bonds is 5. The Morgan fingerprint density at radius 3 is 2.93 bits per heavy atom. The minimum Gasteiger partial charge on any atom is -0.351 e. The molecule has 0 atom stereocenters. The van der Waals surface area contributed by atoms with E-state index in [0.29, 0.717) is 24.7 Å². The number of nitrogens with zero attached hydrogens (tertiary/aromatic N) is 1. The molecule has 84 valence electrons. The van der Waals surface area contributed by atoms with Crippen molar-refractivity contribution >= 4 is 17.2 Å². The average molecular weight is 227 g/mol. The molecule has 0 spiro atoms. The van der Waals surface area contributed by atoms with Crippen molar-refractivity contribution in [2.45, 2.75) is 26.2 Å². The van der Waals surface area contributed by atoms with Crippen LogP contribution in [0.5, 0.6) is 0 Å². The molecule has 0 fully saturated rings. The van der Waals surface area contributed by atoms with Crippen LogP contribution >= 0.6 is 11.3 Å². The van der Waals surface area contributed by atoms with Crippen LogP contribution in [-0.2, 0) is 0 Å². The van der Waals surface area contributed by atoms with Gasteiger partial charge in [-0.15, -0.1) is 11.3 Å². The molecule has 15 heavy (non-hydrogen) atoms. The first-order chi connectivity index (χ1) is 7.15. The Hall–Kier alpha value is -0.940. The Bertz CT molecular complexity index is 322. The number of nitrogens with one attached hydrogen (secondary N) is 1. The average Bonchev–Trinajstić information content (AvgIpc) is 2.66. The number of hydrogen-bond donors (Lipinski definition) is 2. The van der Waals surface area contributed by atoms with Gasteiger partial charge in [-0.2, -0.15) is 0 Å². The van der Waals surface area contributed by atoms with Gasteiger partial charge in [0.15, 0.2) is 0 Å². The van der Waals surface area contributed by atoms with Gasteiger partial charge in [0, 0.05) is 17.8 Å². The molecule has 0 radical (unpaired) electrons. The maximum Gasteiger partial charge on any atom is 0.270 e. The highest BCUT2D eigenvalue weighted by molar-refractivity contribution is 7.09. The van der Waals surface area contributed by atoms with Gasteiger partial charge in [0.1, 0.15) is 5.69 Å².